The summed E-state index contributed by atoms with van der Waals surface area (Å²) in [6, 6.07) is 7.79. The molecule has 17 heavy (non-hydrogen) atoms. The topological polar surface area (TPSA) is 22.9 Å². The van der Waals surface area contributed by atoms with Crippen LogP contribution >= 0.6 is 0 Å². The third-order valence-electron chi connectivity index (χ3n) is 3.00. The summed E-state index contributed by atoms with van der Waals surface area (Å²) in [5.74, 6) is 1.65. The molecule has 0 unspecified atom stereocenters. The minimum Gasteiger partial charge on any atom is -0.493 e. The third kappa shape index (κ3) is 4.65. The molecule has 0 fully saturated rings. The zero-order valence-electron chi connectivity index (χ0n) is 11.2. The van der Waals surface area contributed by atoms with E-state index in [1.165, 1.54) is 19.6 Å². The highest BCUT2D eigenvalue weighted by atomic mass is 16.5. The largest absolute Gasteiger partial charge is 0.493 e. The summed E-state index contributed by atoms with van der Waals surface area (Å²) in [5.41, 5.74) is 0. The molecule has 0 aromatic heterocycles. The number of para-hydroxylation sites is 2. The fourth-order valence-electron chi connectivity index (χ4n) is 1.85. The van der Waals surface area contributed by atoms with E-state index in [2.05, 4.69) is 13.8 Å². The molecule has 0 saturated carbocycles. The Labute approximate surface area is 104 Å². The predicted octanol–water partition coefficient (Wildman–Crippen LogP) is 1.39. The minimum atomic E-state index is 0.754. The fourth-order valence-corrected chi connectivity index (χ4v) is 1.85. The molecule has 0 amide bonds. The van der Waals surface area contributed by atoms with Crippen LogP contribution in [0.4, 0.5) is 0 Å². The van der Waals surface area contributed by atoms with E-state index in [4.69, 9.17) is 9.47 Å². The van der Waals surface area contributed by atoms with Crippen molar-refractivity contribution in [3.8, 4) is 11.5 Å². The van der Waals surface area contributed by atoms with Crippen LogP contribution in [-0.2, 0) is 0 Å². The van der Waals surface area contributed by atoms with E-state index in [0.29, 0.717) is 0 Å². The average molecular weight is 238 g/mol. The van der Waals surface area contributed by atoms with Gasteiger partial charge in [-0.05, 0) is 26.0 Å². The van der Waals surface area contributed by atoms with E-state index >= 15 is 0 Å². The minimum absolute atomic E-state index is 0.754. The Kier molecular flexibility index (Phi) is 6.48. The molecule has 0 aliphatic heterocycles. The second-order valence-electron chi connectivity index (χ2n) is 4.06. The molecule has 0 aliphatic carbocycles. The molecule has 1 aromatic rings. The molecule has 0 bridgehead atoms. The van der Waals surface area contributed by atoms with Crippen molar-refractivity contribution in [2.75, 3.05) is 33.4 Å². The van der Waals surface area contributed by atoms with Crippen LogP contribution in [0.25, 0.3) is 0 Å². The van der Waals surface area contributed by atoms with Crippen molar-refractivity contribution < 1.29 is 14.4 Å². The van der Waals surface area contributed by atoms with Crippen LogP contribution in [0.3, 0.4) is 0 Å². The van der Waals surface area contributed by atoms with Crippen molar-refractivity contribution in [1.82, 2.24) is 0 Å². The Morgan fingerprint density at radius 3 is 2.29 bits per heavy atom. The van der Waals surface area contributed by atoms with Crippen LogP contribution in [0, 0.1) is 0 Å². The number of hydrogen-bond acceptors (Lipinski definition) is 2. The maximum Gasteiger partial charge on any atom is 0.161 e. The van der Waals surface area contributed by atoms with Gasteiger partial charge >= 0.3 is 0 Å². The maximum absolute atomic E-state index is 5.73. The number of hydrogen-bond donors (Lipinski definition) is 1. The quantitative estimate of drug-likeness (QED) is 0.692. The summed E-state index contributed by atoms with van der Waals surface area (Å²) in [6.45, 7) is 8.74. The summed E-state index contributed by atoms with van der Waals surface area (Å²) in [7, 11) is 1.67. The van der Waals surface area contributed by atoms with Gasteiger partial charge in [0, 0.05) is 6.42 Å². The van der Waals surface area contributed by atoms with Crippen LogP contribution < -0.4 is 14.4 Å². The molecule has 3 heteroatoms. The molecule has 1 aromatic carbocycles. The van der Waals surface area contributed by atoms with Crippen molar-refractivity contribution >= 4 is 0 Å². The first-order chi connectivity index (χ1) is 8.31. The Bertz CT molecular complexity index is 311. The molecule has 0 aliphatic rings. The Morgan fingerprint density at radius 1 is 1.06 bits per heavy atom. The highest BCUT2D eigenvalue weighted by Crippen LogP contribution is 2.25. The van der Waals surface area contributed by atoms with Crippen molar-refractivity contribution in [2.45, 2.75) is 20.3 Å². The standard InChI is InChI=1S/C14H23NO2/c1-4-15(5-2)11-8-12-17-14-10-7-6-9-13(14)16-3/h6-7,9-10H,4-5,8,11-12H2,1-3H3/p+1. The van der Waals surface area contributed by atoms with E-state index in [9.17, 15) is 0 Å². The SMILES string of the molecule is CC[NH+](CC)CCCOc1ccccc1OC. The molecule has 0 spiro atoms. The van der Waals surface area contributed by atoms with Crippen LogP contribution in [-0.4, -0.2) is 33.4 Å². The van der Waals surface area contributed by atoms with Crippen molar-refractivity contribution in [3.63, 3.8) is 0 Å². The van der Waals surface area contributed by atoms with Gasteiger partial charge in [-0.15, -0.1) is 0 Å². The molecular formula is C14H24NO2+. The van der Waals surface area contributed by atoms with Gasteiger partial charge < -0.3 is 14.4 Å². The van der Waals surface area contributed by atoms with Crippen LogP contribution in [0.5, 0.6) is 11.5 Å². The summed E-state index contributed by atoms with van der Waals surface area (Å²) in [6.07, 6.45) is 1.08. The van der Waals surface area contributed by atoms with Gasteiger partial charge in [0.1, 0.15) is 0 Å². The van der Waals surface area contributed by atoms with Crippen molar-refractivity contribution in [3.05, 3.63) is 24.3 Å². The lowest BCUT2D eigenvalue weighted by atomic mass is 10.3. The van der Waals surface area contributed by atoms with E-state index in [-0.39, 0.29) is 0 Å². The van der Waals surface area contributed by atoms with Gasteiger partial charge in [-0.2, -0.15) is 0 Å². The monoisotopic (exact) mass is 238 g/mol. The number of rotatable bonds is 8. The van der Waals surface area contributed by atoms with Crippen molar-refractivity contribution in [2.24, 2.45) is 0 Å². The first kappa shape index (κ1) is 13.8. The zero-order valence-corrected chi connectivity index (χ0v) is 11.2. The lowest BCUT2D eigenvalue weighted by Crippen LogP contribution is -3.11. The molecular weight excluding hydrogens is 214 g/mol. The van der Waals surface area contributed by atoms with Crippen molar-refractivity contribution in [1.29, 1.82) is 0 Å². The Balaban J connectivity index is 2.30. The summed E-state index contributed by atoms with van der Waals surface area (Å²) in [4.78, 5) is 1.62. The highest BCUT2D eigenvalue weighted by Gasteiger charge is 2.04. The number of ether oxygens (including phenoxy) is 2. The maximum atomic E-state index is 5.73. The van der Waals surface area contributed by atoms with Gasteiger partial charge in [0.05, 0.1) is 33.4 Å². The fraction of sp³-hybridized carbons (Fsp3) is 0.571. The molecule has 96 valence electrons. The first-order valence-corrected chi connectivity index (χ1v) is 6.41. The third-order valence-corrected chi connectivity index (χ3v) is 3.00. The first-order valence-electron chi connectivity index (χ1n) is 6.41. The Morgan fingerprint density at radius 2 is 1.71 bits per heavy atom. The van der Waals surface area contributed by atoms with Gasteiger partial charge in [-0.3, -0.25) is 0 Å². The van der Waals surface area contributed by atoms with Gasteiger partial charge in [0.25, 0.3) is 0 Å². The summed E-state index contributed by atoms with van der Waals surface area (Å²) < 4.78 is 11.0. The number of methoxy groups -OCH3 is 1. The number of benzene rings is 1. The summed E-state index contributed by atoms with van der Waals surface area (Å²) >= 11 is 0. The second-order valence-corrected chi connectivity index (χ2v) is 4.06. The predicted molar refractivity (Wildman–Crippen MR) is 70.0 cm³/mol. The zero-order chi connectivity index (χ0) is 12.5. The molecule has 1 rings (SSSR count). The number of quaternary nitrogens is 1. The molecule has 0 atom stereocenters. The lowest BCUT2D eigenvalue weighted by molar-refractivity contribution is -0.896. The van der Waals surface area contributed by atoms with Gasteiger partial charge in [-0.1, -0.05) is 12.1 Å². The highest BCUT2D eigenvalue weighted by molar-refractivity contribution is 5.39. The van der Waals surface area contributed by atoms with Crippen LogP contribution in [0.15, 0.2) is 24.3 Å². The lowest BCUT2D eigenvalue weighted by Gasteiger charge is -2.15. The number of nitrogens with one attached hydrogen (secondary N) is 1. The molecule has 0 heterocycles. The van der Waals surface area contributed by atoms with Gasteiger partial charge in [0.15, 0.2) is 11.5 Å². The summed E-state index contributed by atoms with van der Waals surface area (Å²) in [5, 5.41) is 0. The molecule has 1 N–H and O–H groups in total. The van der Waals surface area contributed by atoms with E-state index in [1.807, 2.05) is 24.3 Å². The van der Waals surface area contributed by atoms with Gasteiger partial charge in [0.2, 0.25) is 0 Å². The molecule has 0 radical (unpaired) electrons. The smallest absolute Gasteiger partial charge is 0.161 e. The average Bonchev–Trinajstić information content (AvgIpc) is 2.39. The molecule has 3 nitrogen and oxygen atoms in total. The molecule has 0 saturated heterocycles. The Hall–Kier alpha value is -1.22. The van der Waals surface area contributed by atoms with E-state index < -0.39 is 0 Å². The van der Waals surface area contributed by atoms with Gasteiger partial charge in [-0.25, -0.2) is 0 Å². The van der Waals surface area contributed by atoms with E-state index in [0.717, 1.165) is 24.5 Å². The van der Waals surface area contributed by atoms with Crippen LogP contribution in [0.1, 0.15) is 20.3 Å². The van der Waals surface area contributed by atoms with Crippen LogP contribution in [0.2, 0.25) is 0 Å². The normalized spacial score (nSPS) is 10.6. The van der Waals surface area contributed by atoms with E-state index in [1.54, 1.807) is 12.0 Å². The second kappa shape index (κ2) is 7.96.